The van der Waals surface area contributed by atoms with Gasteiger partial charge in [0.1, 0.15) is 24.0 Å². The van der Waals surface area contributed by atoms with Crippen molar-refractivity contribution in [1.29, 1.82) is 0 Å². The summed E-state index contributed by atoms with van der Waals surface area (Å²) in [4.78, 5) is 14.6. The number of aliphatic carboxylic acids is 1. The normalized spacial score (nSPS) is 10.6. The molecule has 2 rings (SSSR count). The van der Waals surface area contributed by atoms with Crippen LogP contribution in [-0.2, 0) is 11.3 Å². The lowest BCUT2D eigenvalue weighted by molar-refractivity contribution is -0.137. The molecule has 0 aliphatic heterocycles. The maximum absolute atomic E-state index is 13.5. The van der Waals surface area contributed by atoms with Gasteiger partial charge >= 0.3 is 5.97 Å². The fraction of sp³-hybridized carbons (Fsp3) is 0.167. The van der Waals surface area contributed by atoms with Gasteiger partial charge in [-0.05, 0) is 25.1 Å². The number of aromatic nitrogens is 2. The van der Waals surface area contributed by atoms with Crippen LogP contribution in [0.5, 0.6) is 0 Å². The Kier molecular flexibility index (Phi) is 3.10. The highest BCUT2D eigenvalue weighted by atomic mass is 19.1. The van der Waals surface area contributed by atoms with Gasteiger partial charge < -0.3 is 9.67 Å². The van der Waals surface area contributed by atoms with Crippen molar-refractivity contribution in [2.24, 2.45) is 0 Å². The zero-order chi connectivity index (χ0) is 13.3. The molecule has 0 atom stereocenters. The Bertz CT molecular complexity index is 608. The lowest BCUT2D eigenvalue weighted by Gasteiger charge is -1.99. The van der Waals surface area contributed by atoms with E-state index >= 15 is 0 Å². The smallest absolute Gasteiger partial charge is 0.323 e. The average molecular weight is 252 g/mol. The first-order valence-corrected chi connectivity index (χ1v) is 5.18. The minimum Gasteiger partial charge on any atom is -0.480 e. The number of halogens is 2. The van der Waals surface area contributed by atoms with Crippen LogP contribution >= 0.6 is 0 Å². The standard InChI is InChI=1S/C12H10F2N2O2/c1-7-15-11(5-16(7)6-12(17)18)9-4-8(13)2-3-10(9)14/h2-5H,6H2,1H3,(H,17,18). The Morgan fingerprint density at radius 1 is 1.44 bits per heavy atom. The summed E-state index contributed by atoms with van der Waals surface area (Å²) < 4.78 is 27.9. The Labute approximate surface area is 102 Å². The third kappa shape index (κ3) is 2.37. The van der Waals surface area contributed by atoms with Crippen molar-refractivity contribution in [3.8, 4) is 11.3 Å². The third-order valence-corrected chi connectivity index (χ3v) is 2.49. The number of carboxylic acid groups (broad SMARTS) is 1. The van der Waals surface area contributed by atoms with E-state index in [2.05, 4.69) is 4.98 Å². The summed E-state index contributed by atoms with van der Waals surface area (Å²) >= 11 is 0. The van der Waals surface area contributed by atoms with Crippen LogP contribution < -0.4 is 0 Å². The van der Waals surface area contributed by atoms with Crippen LogP contribution in [0, 0.1) is 18.6 Å². The molecular formula is C12H10F2N2O2. The first-order valence-electron chi connectivity index (χ1n) is 5.18. The van der Waals surface area contributed by atoms with Crippen LogP contribution in [0.15, 0.2) is 24.4 Å². The number of aryl methyl sites for hydroxylation is 1. The Morgan fingerprint density at radius 2 is 2.17 bits per heavy atom. The molecule has 0 amide bonds. The SMILES string of the molecule is Cc1nc(-c2cc(F)ccc2F)cn1CC(=O)O. The van der Waals surface area contributed by atoms with Gasteiger partial charge in [-0.2, -0.15) is 0 Å². The van der Waals surface area contributed by atoms with Gasteiger partial charge in [0, 0.05) is 11.8 Å². The quantitative estimate of drug-likeness (QED) is 0.911. The summed E-state index contributed by atoms with van der Waals surface area (Å²) in [7, 11) is 0. The zero-order valence-corrected chi connectivity index (χ0v) is 9.52. The van der Waals surface area contributed by atoms with E-state index in [-0.39, 0.29) is 17.8 Å². The molecule has 0 aliphatic rings. The monoisotopic (exact) mass is 252 g/mol. The molecule has 1 aromatic heterocycles. The van der Waals surface area contributed by atoms with Crippen molar-refractivity contribution < 1.29 is 18.7 Å². The van der Waals surface area contributed by atoms with Crippen molar-refractivity contribution in [2.75, 3.05) is 0 Å². The second-order valence-corrected chi connectivity index (χ2v) is 3.82. The minimum atomic E-state index is -1.03. The summed E-state index contributed by atoms with van der Waals surface area (Å²) in [6.07, 6.45) is 1.39. The zero-order valence-electron chi connectivity index (χ0n) is 9.52. The second-order valence-electron chi connectivity index (χ2n) is 3.82. The van der Waals surface area contributed by atoms with Crippen LogP contribution in [0.2, 0.25) is 0 Å². The van der Waals surface area contributed by atoms with E-state index in [4.69, 9.17) is 5.11 Å². The summed E-state index contributed by atoms with van der Waals surface area (Å²) in [5, 5.41) is 8.69. The van der Waals surface area contributed by atoms with E-state index in [0.29, 0.717) is 5.82 Å². The van der Waals surface area contributed by atoms with Crippen molar-refractivity contribution in [2.45, 2.75) is 13.5 Å². The van der Waals surface area contributed by atoms with Gasteiger partial charge in [0.15, 0.2) is 0 Å². The van der Waals surface area contributed by atoms with Crippen LogP contribution in [0.4, 0.5) is 8.78 Å². The Morgan fingerprint density at radius 3 is 2.83 bits per heavy atom. The van der Waals surface area contributed by atoms with Crippen molar-refractivity contribution in [3.63, 3.8) is 0 Å². The highest BCUT2D eigenvalue weighted by Gasteiger charge is 2.13. The Balaban J connectivity index is 2.45. The molecule has 0 bridgehead atoms. The average Bonchev–Trinajstić information content (AvgIpc) is 2.63. The molecule has 2 aromatic rings. The van der Waals surface area contributed by atoms with Gasteiger partial charge in [-0.3, -0.25) is 4.79 Å². The number of benzene rings is 1. The number of carboxylic acids is 1. The van der Waals surface area contributed by atoms with Crippen LogP contribution in [0.3, 0.4) is 0 Å². The largest absolute Gasteiger partial charge is 0.480 e. The van der Waals surface area contributed by atoms with E-state index in [1.807, 2.05) is 0 Å². The second kappa shape index (κ2) is 4.56. The van der Waals surface area contributed by atoms with E-state index in [1.54, 1.807) is 6.92 Å². The van der Waals surface area contributed by atoms with E-state index < -0.39 is 17.6 Å². The van der Waals surface area contributed by atoms with E-state index in [9.17, 15) is 13.6 Å². The minimum absolute atomic E-state index is 0.0160. The van der Waals surface area contributed by atoms with Crippen molar-refractivity contribution in [1.82, 2.24) is 9.55 Å². The molecule has 6 heteroatoms. The first kappa shape index (κ1) is 12.2. The highest BCUT2D eigenvalue weighted by Crippen LogP contribution is 2.23. The molecule has 0 fully saturated rings. The highest BCUT2D eigenvalue weighted by molar-refractivity contribution is 5.67. The fourth-order valence-electron chi connectivity index (χ4n) is 1.64. The number of nitrogens with zero attached hydrogens (tertiary/aromatic N) is 2. The molecule has 4 nitrogen and oxygen atoms in total. The van der Waals surface area contributed by atoms with E-state index in [0.717, 1.165) is 18.2 Å². The summed E-state index contributed by atoms with van der Waals surface area (Å²) in [5.74, 6) is -1.77. The van der Waals surface area contributed by atoms with Crippen LogP contribution in [-0.4, -0.2) is 20.6 Å². The van der Waals surface area contributed by atoms with Crippen molar-refractivity contribution >= 4 is 5.97 Å². The molecule has 94 valence electrons. The molecule has 1 heterocycles. The van der Waals surface area contributed by atoms with Crippen LogP contribution in [0.1, 0.15) is 5.82 Å². The van der Waals surface area contributed by atoms with Gasteiger partial charge in [0.25, 0.3) is 0 Å². The van der Waals surface area contributed by atoms with Gasteiger partial charge in [-0.25, -0.2) is 13.8 Å². The number of carbonyl (C=O) groups is 1. The number of hydrogen-bond donors (Lipinski definition) is 1. The predicted octanol–water partition coefficient (Wildman–Crippen LogP) is 2.22. The lowest BCUT2D eigenvalue weighted by Crippen LogP contribution is -2.08. The molecule has 1 N–H and O–H groups in total. The third-order valence-electron chi connectivity index (χ3n) is 2.49. The number of hydrogen-bond acceptors (Lipinski definition) is 2. The molecule has 1 aromatic carbocycles. The molecule has 0 saturated heterocycles. The molecule has 0 radical (unpaired) electrons. The van der Waals surface area contributed by atoms with Gasteiger partial charge in [-0.15, -0.1) is 0 Å². The van der Waals surface area contributed by atoms with Gasteiger partial charge in [-0.1, -0.05) is 0 Å². The van der Waals surface area contributed by atoms with Crippen LogP contribution in [0.25, 0.3) is 11.3 Å². The fourth-order valence-corrected chi connectivity index (χ4v) is 1.64. The van der Waals surface area contributed by atoms with Gasteiger partial charge in [0.05, 0.1) is 5.69 Å². The van der Waals surface area contributed by atoms with Gasteiger partial charge in [0.2, 0.25) is 0 Å². The van der Waals surface area contributed by atoms with Crippen molar-refractivity contribution in [3.05, 3.63) is 41.9 Å². The molecule has 0 spiro atoms. The predicted molar refractivity (Wildman–Crippen MR) is 60.0 cm³/mol. The molecule has 18 heavy (non-hydrogen) atoms. The number of rotatable bonds is 3. The molecule has 0 unspecified atom stereocenters. The summed E-state index contributed by atoms with van der Waals surface area (Å²) in [5.41, 5.74) is 0.230. The summed E-state index contributed by atoms with van der Waals surface area (Å²) in [6.45, 7) is 1.33. The summed E-state index contributed by atoms with van der Waals surface area (Å²) in [6, 6.07) is 3.05. The maximum atomic E-state index is 13.5. The maximum Gasteiger partial charge on any atom is 0.323 e. The van der Waals surface area contributed by atoms with E-state index in [1.165, 1.54) is 10.8 Å². The Hall–Kier alpha value is -2.24. The topological polar surface area (TPSA) is 55.1 Å². The molecule has 0 saturated carbocycles. The molecular weight excluding hydrogens is 242 g/mol. The lowest BCUT2D eigenvalue weighted by atomic mass is 10.1. The first-order chi connectivity index (χ1) is 8.47. The molecule has 0 aliphatic carbocycles. The number of imidazole rings is 1.